The van der Waals surface area contributed by atoms with Crippen molar-refractivity contribution in [3.63, 3.8) is 0 Å². The van der Waals surface area contributed by atoms with E-state index >= 15 is 0 Å². The first kappa shape index (κ1) is 15.1. The van der Waals surface area contributed by atoms with Gasteiger partial charge >= 0.3 is 0 Å². The van der Waals surface area contributed by atoms with Crippen molar-refractivity contribution in [3.8, 4) is 5.75 Å². The van der Waals surface area contributed by atoms with Crippen LogP contribution in [0.2, 0.25) is 0 Å². The van der Waals surface area contributed by atoms with Crippen molar-refractivity contribution in [3.05, 3.63) is 42.1 Å². The summed E-state index contributed by atoms with van der Waals surface area (Å²) in [5.74, 6) is 2.35. The van der Waals surface area contributed by atoms with Gasteiger partial charge in [0.15, 0.2) is 0 Å². The molecule has 5 heteroatoms. The summed E-state index contributed by atoms with van der Waals surface area (Å²) in [4.78, 5) is 8.66. The number of nitrogens with one attached hydrogen (secondary N) is 2. The van der Waals surface area contributed by atoms with E-state index in [1.54, 1.807) is 13.3 Å². The molecule has 0 bridgehead atoms. The van der Waals surface area contributed by atoms with Crippen molar-refractivity contribution in [1.82, 2.24) is 9.97 Å². The molecule has 0 saturated heterocycles. The highest BCUT2D eigenvalue weighted by Gasteiger charge is 1.99. The Kier molecular flexibility index (Phi) is 5.82. The van der Waals surface area contributed by atoms with E-state index in [0.29, 0.717) is 12.5 Å². The fourth-order valence-corrected chi connectivity index (χ4v) is 1.86. The zero-order chi connectivity index (χ0) is 14.9. The van der Waals surface area contributed by atoms with Crippen molar-refractivity contribution < 1.29 is 4.74 Å². The molecule has 2 N–H and O–H groups in total. The first-order chi connectivity index (χ1) is 10.3. The highest BCUT2D eigenvalue weighted by molar-refractivity contribution is 5.40. The second-order valence-corrected chi connectivity index (χ2v) is 4.75. The molecular weight excluding hydrogens is 264 g/mol. The largest absolute Gasteiger partial charge is 0.497 e. The van der Waals surface area contributed by atoms with Crippen LogP contribution in [0, 0.1) is 0 Å². The highest BCUT2D eigenvalue weighted by Crippen LogP contribution is 2.12. The van der Waals surface area contributed by atoms with Crippen LogP contribution in [0.25, 0.3) is 0 Å². The summed E-state index contributed by atoms with van der Waals surface area (Å²) in [5, 5.41) is 6.52. The summed E-state index contributed by atoms with van der Waals surface area (Å²) in [6, 6.07) is 9.82. The van der Waals surface area contributed by atoms with Crippen LogP contribution in [0.5, 0.6) is 5.75 Å². The molecule has 0 saturated carbocycles. The fraction of sp³-hybridized carbons (Fsp3) is 0.375. The molecule has 1 heterocycles. The maximum atomic E-state index is 5.14. The Morgan fingerprint density at radius 3 is 2.62 bits per heavy atom. The molecule has 5 nitrogen and oxygen atoms in total. The Hall–Kier alpha value is -2.30. The highest BCUT2D eigenvalue weighted by atomic mass is 16.5. The monoisotopic (exact) mass is 286 g/mol. The van der Waals surface area contributed by atoms with Crippen molar-refractivity contribution in [2.45, 2.75) is 26.3 Å². The third-order valence-electron chi connectivity index (χ3n) is 3.10. The summed E-state index contributed by atoms with van der Waals surface area (Å²) >= 11 is 0. The summed E-state index contributed by atoms with van der Waals surface area (Å²) in [5.41, 5.74) is 1.16. The molecule has 1 aromatic heterocycles. The molecular formula is C16H22N4O. The van der Waals surface area contributed by atoms with E-state index in [-0.39, 0.29) is 0 Å². The third kappa shape index (κ3) is 4.95. The normalized spacial score (nSPS) is 10.2. The first-order valence-electron chi connectivity index (χ1n) is 7.25. The van der Waals surface area contributed by atoms with Gasteiger partial charge in [0.1, 0.15) is 11.6 Å². The van der Waals surface area contributed by atoms with Gasteiger partial charge in [-0.05, 0) is 30.2 Å². The van der Waals surface area contributed by atoms with Crippen molar-refractivity contribution in [2.75, 3.05) is 24.3 Å². The van der Waals surface area contributed by atoms with Crippen LogP contribution in [0.4, 0.5) is 11.8 Å². The minimum atomic E-state index is 0.632. The van der Waals surface area contributed by atoms with Crippen LogP contribution in [0.15, 0.2) is 36.5 Å². The number of anilines is 2. The van der Waals surface area contributed by atoms with Crippen LogP contribution in [-0.4, -0.2) is 23.6 Å². The molecule has 0 aliphatic heterocycles. The zero-order valence-corrected chi connectivity index (χ0v) is 12.6. The summed E-state index contributed by atoms with van der Waals surface area (Å²) in [6.45, 7) is 3.79. The Morgan fingerprint density at radius 2 is 1.90 bits per heavy atom. The number of methoxy groups -OCH3 is 1. The first-order valence-corrected chi connectivity index (χ1v) is 7.25. The topological polar surface area (TPSA) is 59.1 Å². The Morgan fingerprint density at radius 1 is 1.10 bits per heavy atom. The van der Waals surface area contributed by atoms with Crippen molar-refractivity contribution in [1.29, 1.82) is 0 Å². The average Bonchev–Trinajstić information content (AvgIpc) is 2.54. The van der Waals surface area contributed by atoms with E-state index in [0.717, 1.165) is 30.1 Å². The van der Waals surface area contributed by atoms with E-state index in [1.165, 1.54) is 6.42 Å². The quantitative estimate of drug-likeness (QED) is 0.729. The number of aromatic nitrogens is 2. The molecule has 0 fully saturated rings. The lowest BCUT2D eigenvalue weighted by atomic mass is 10.2. The molecule has 21 heavy (non-hydrogen) atoms. The van der Waals surface area contributed by atoms with Crippen molar-refractivity contribution >= 4 is 11.8 Å². The molecule has 2 rings (SSSR count). The fourth-order valence-electron chi connectivity index (χ4n) is 1.86. The number of hydrogen-bond donors (Lipinski definition) is 2. The van der Waals surface area contributed by atoms with Gasteiger partial charge in [0.05, 0.1) is 7.11 Å². The SMILES string of the molecule is CCCCNc1ccnc(NCc2ccc(OC)cc2)n1. The van der Waals surface area contributed by atoms with Gasteiger partial charge in [-0.2, -0.15) is 4.98 Å². The predicted octanol–water partition coefficient (Wildman–Crippen LogP) is 3.31. The molecule has 0 radical (unpaired) electrons. The van der Waals surface area contributed by atoms with E-state index in [1.807, 2.05) is 30.3 Å². The average molecular weight is 286 g/mol. The van der Waals surface area contributed by atoms with Crippen LogP contribution >= 0.6 is 0 Å². The van der Waals surface area contributed by atoms with E-state index in [4.69, 9.17) is 4.74 Å². The van der Waals surface area contributed by atoms with Crippen molar-refractivity contribution in [2.24, 2.45) is 0 Å². The van der Waals surface area contributed by atoms with Gasteiger partial charge in [-0.15, -0.1) is 0 Å². The molecule has 0 aliphatic carbocycles. The lowest BCUT2D eigenvalue weighted by molar-refractivity contribution is 0.414. The minimum absolute atomic E-state index is 0.632. The van der Waals surface area contributed by atoms with Gasteiger partial charge in [0.2, 0.25) is 5.95 Å². The van der Waals surface area contributed by atoms with Crippen LogP contribution in [0.1, 0.15) is 25.3 Å². The van der Waals surface area contributed by atoms with Gasteiger partial charge < -0.3 is 15.4 Å². The Labute approximate surface area is 125 Å². The van der Waals surface area contributed by atoms with E-state index in [9.17, 15) is 0 Å². The van der Waals surface area contributed by atoms with Gasteiger partial charge in [-0.3, -0.25) is 0 Å². The van der Waals surface area contributed by atoms with Gasteiger partial charge in [-0.25, -0.2) is 4.98 Å². The molecule has 1 aromatic carbocycles. The molecule has 0 spiro atoms. The summed E-state index contributed by atoms with van der Waals surface area (Å²) in [6.07, 6.45) is 4.07. The number of rotatable bonds is 8. The Bertz CT molecular complexity index is 542. The molecule has 2 aromatic rings. The number of ether oxygens (including phenoxy) is 1. The summed E-state index contributed by atoms with van der Waals surface area (Å²) < 4.78 is 5.14. The summed E-state index contributed by atoms with van der Waals surface area (Å²) in [7, 11) is 1.66. The number of nitrogens with zero attached hydrogens (tertiary/aromatic N) is 2. The van der Waals surface area contributed by atoms with Gasteiger partial charge in [0.25, 0.3) is 0 Å². The lowest BCUT2D eigenvalue weighted by Crippen LogP contribution is -2.07. The molecule has 0 amide bonds. The van der Waals surface area contributed by atoms with Crippen LogP contribution < -0.4 is 15.4 Å². The standard InChI is InChI=1S/C16H22N4O/c1-3-4-10-17-15-9-11-18-16(20-15)19-12-13-5-7-14(21-2)8-6-13/h5-9,11H,3-4,10,12H2,1-2H3,(H2,17,18,19,20). The van der Waals surface area contributed by atoms with E-state index in [2.05, 4.69) is 27.5 Å². The minimum Gasteiger partial charge on any atom is -0.497 e. The second-order valence-electron chi connectivity index (χ2n) is 4.75. The molecule has 0 atom stereocenters. The number of benzene rings is 1. The predicted molar refractivity (Wildman–Crippen MR) is 85.8 cm³/mol. The van der Waals surface area contributed by atoms with Crippen LogP contribution in [0.3, 0.4) is 0 Å². The Balaban J connectivity index is 1.88. The van der Waals surface area contributed by atoms with Gasteiger partial charge in [-0.1, -0.05) is 25.5 Å². The van der Waals surface area contributed by atoms with E-state index < -0.39 is 0 Å². The third-order valence-corrected chi connectivity index (χ3v) is 3.10. The second kappa shape index (κ2) is 8.09. The lowest BCUT2D eigenvalue weighted by Gasteiger charge is -2.08. The van der Waals surface area contributed by atoms with Crippen LogP contribution in [-0.2, 0) is 6.54 Å². The number of hydrogen-bond acceptors (Lipinski definition) is 5. The smallest absolute Gasteiger partial charge is 0.224 e. The van der Waals surface area contributed by atoms with Gasteiger partial charge in [0, 0.05) is 19.3 Å². The maximum Gasteiger partial charge on any atom is 0.224 e. The molecule has 0 unspecified atom stereocenters. The maximum absolute atomic E-state index is 5.14. The number of unbranched alkanes of at least 4 members (excludes halogenated alkanes) is 1. The molecule has 0 aliphatic rings. The zero-order valence-electron chi connectivity index (χ0n) is 12.6. The molecule has 112 valence electrons.